The molecule has 0 bridgehead atoms. The maximum absolute atomic E-state index is 12.1. The number of halogens is 3. The van der Waals surface area contributed by atoms with Crippen LogP contribution in [0, 0.1) is 3.70 Å². The van der Waals surface area contributed by atoms with Gasteiger partial charge in [-0.25, -0.2) is 14.8 Å². The first-order valence-electron chi connectivity index (χ1n) is 15.4. The molecule has 0 saturated heterocycles. The summed E-state index contributed by atoms with van der Waals surface area (Å²) in [5, 5.41) is 12.2. The number of fused-ring (bicyclic) bond motifs is 4. The van der Waals surface area contributed by atoms with Crippen LogP contribution in [0.1, 0.15) is 21.6 Å². The van der Waals surface area contributed by atoms with Crippen LogP contribution in [-0.2, 0) is 17.8 Å². The van der Waals surface area contributed by atoms with Crippen molar-refractivity contribution >= 4 is 95.6 Å². The Bertz CT molecular complexity index is 2590. The number of ether oxygens (including phenoxy) is 3. The predicted octanol–water partition coefficient (Wildman–Crippen LogP) is 7.77. The average Bonchev–Trinajstić information content (AvgIpc) is 3.66. The molecule has 6 heterocycles. The van der Waals surface area contributed by atoms with E-state index in [0.717, 1.165) is 47.7 Å². The highest BCUT2D eigenvalue weighted by Gasteiger charge is 2.20. The topological polar surface area (TPSA) is 132 Å². The highest BCUT2D eigenvalue weighted by Crippen LogP contribution is 2.25. The Balaban J connectivity index is 0.000000160. The molecule has 0 saturated carbocycles. The maximum Gasteiger partial charge on any atom is 0.360 e. The van der Waals surface area contributed by atoms with Crippen molar-refractivity contribution in [3.05, 3.63) is 116 Å². The van der Waals surface area contributed by atoms with E-state index in [1.165, 1.54) is 14.2 Å². The van der Waals surface area contributed by atoms with E-state index in [0.29, 0.717) is 45.9 Å². The third-order valence-electron chi connectivity index (χ3n) is 7.99. The molecule has 0 atom stereocenters. The lowest BCUT2D eigenvalue weighted by Crippen LogP contribution is -2.06. The van der Waals surface area contributed by atoms with Gasteiger partial charge in [0.1, 0.15) is 14.7 Å². The molecule has 0 radical (unpaired) electrons. The minimum Gasteiger partial charge on any atom is -0.481 e. The Kier molecular flexibility index (Phi) is 9.84. The van der Waals surface area contributed by atoms with Crippen LogP contribution >= 0.6 is 45.8 Å². The smallest absolute Gasteiger partial charge is 0.360 e. The lowest BCUT2D eigenvalue weighted by atomic mass is 10.1. The van der Waals surface area contributed by atoms with Crippen molar-refractivity contribution in [1.82, 2.24) is 39.5 Å². The summed E-state index contributed by atoms with van der Waals surface area (Å²) >= 11 is 14.3. The van der Waals surface area contributed by atoms with E-state index in [4.69, 9.17) is 37.4 Å². The van der Waals surface area contributed by atoms with E-state index in [1.54, 1.807) is 30.3 Å². The lowest BCUT2D eigenvalue weighted by molar-refractivity contribution is 0.0595. The Morgan fingerprint density at radius 1 is 0.686 bits per heavy atom. The Labute approximate surface area is 314 Å². The van der Waals surface area contributed by atoms with Gasteiger partial charge in [0.05, 0.1) is 66.5 Å². The molecular weight excluding hydrogens is 806 g/mol. The quantitative estimate of drug-likeness (QED) is 0.116. The zero-order chi connectivity index (χ0) is 35.6. The molecule has 51 heavy (non-hydrogen) atoms. The molecule has 0 aliphatic carbocycles. The van der Waals surface area contributed by atoms with Gasteiger partial charge in [-0.15, -0.1) is 0 Å². The number of aromatic nitrogens is 8. The molecule has 0 spiro atoms. The molecular formula is C36H27Cl2IN8O4. The first-order chi connectivity index (χ1) is 24.7. The molecule has 0 fully saturated rings. The maximum atomic E-state index is 12.1. The van der Waals surface area contributed by atoms with Gasteiger partial charge in [0.2, 0.25) is 11.8 Å². The second-order valence-corrected chi connectivity index (χ2v) is 13.1. The predicted molar refractivity (Wildman–Crippen MR) is 204 cm³/mol. The minimum absolute atomic E-state index is 0.150. The number of carbonyl (C=O) groups excluding carboxylic acids is 1. The van der Waals surface area contributed by atoms with Crippen molar-refractivity contribution in [3.8, 4) is 11.8 Å². The van der Waals surface area contributed by atoms with E-state index < -0.39 is 5.97 Å². The molecule has 0 aliphatic rings. The normalized spacial score (nSPS) is 11.2. The molecule has 256 valence electrons. The van der Waals surface area contributed by atoms with Gasteiger partial charge in [-0.1, -0.05) is 35.3 Å². The van der Waals surface area contributed by atoms with Gasteiger partial charge in [0.15, 0.2) is 5.69 Å². The number of hydrogen-bond acceptors (Lipinski definition) is 10. The van der Waals surface area contributed by atoms with Gasteiger partial charge in [-0.3, -0.25) is 19.3 Å². The summed E-state index contributed by atoms with van der Waals surface area (Å²) < 4.78 is 19.7. The number of carbonyl (C=O) groups is 1. The van der Waals surface area contributed by atoms with Crippen LogP contribution < -0.4 is 9.47 Å². The molecule has 2 aromatic carbocycles. The van der Waals surface area contributed by atoms with Crippen LogP contribution in [0.15, 0.2) is 85.2 Å². The van der Waals surface area contributed by atoms with Gasteiger partial charge in [0, 0.05) is 35.3 Å². The molecule has 15 heteroatoms. The zero-order valence-electron chi connectivity index (χ0n) is 27.3. The van der Waals surface area contributed by atoms with Gasteiger partial charge >= 0.3 is 5.97 Å². The van der Waals surface area contributed by atoms with Crippen LogP contribution in [0.3, 0.4) is 0 Å². The van der Waals surface area contributed by atoms with Crippen molar-refractivity contribution in [2.75, 3.05) is 21.3 Å². The Morgan fingerprint density at radius 2 is 1.20 bits per heavy atom. The number of esters is 1. The largest absolute Gasteiger partial charge is 0.481 e. The van der Waals surface area contributed by atoms with Crippen molar-refractivity contribution in [1.29, 1.82) is 0 Å². The number of pyridine rings is 4. The summed E-state index contributed by atoms with van der Waals surface area (Å²) in [4.78, 5) is 29.6. The zero-order valence-corrected chi connectivity index (χ0v) is 31.0. The third kappa shape index (κ3) is 7.22. The van der Waals surface area contributed by atoms with Gasteiger partial charge in [-0.2, -0.15) is 10.2 Å². The SMILES string of the molecule is COC(=O)c1nn(Cc2ccc3ncc(Cl)cc3c2)c2ccc(OC)nc12.COc1ccc2c(n1)c(I)nn2Cc1ccc2ncc(Cl)cc2c1. The second-order valence-electron chi connectivity index (χ2n) is 11.3. The van der Waals surface area contributed by atoms with E-state index >= 15 is 0 Å². The molecule has 12 nitrogen and oxygen atoms in total. The van der Waals surface area contributed by atoms with Crippen LogP contribution in [0.25, 0.3) is 43.9 Å². The first-order valence-corrected chi connectivity index (χ1v) is 17.2. The van der Waals surface area contributed by atoms with Crippen molar-refractivity contribution < 1.29 is 19.0 Å². The summed E-state index contributed by atoms with van der Waals surface area (Å²) in [5.41, 5.74) is 7.02. The van der Waals surface area contributed by atoms with E-state index in [-0.39, 0.29) is 5.69 Å². The number of rotatable bonds is 7. The average molecular weight is 833 g/mol. The number of methoxy groups -OCH3 is 3. The fraction of sp³-hybridized carbons (Fsp3) is 0.139. The van der Waals surface area contributed by atoms with Crippen molar-refractivity contribution in [3.63, 3.8) is 0 Å². The molecule has 8 aromatic rings. The summed E-state index contributed by atoms with van der Waals surface area (Å²) in [5.74, 6) is 0.444. The monoisotopic (exact) mass is 832 g/mol. The van der Waals surface area contributed by atoms with Gasteiger partial charge in [-0.05, 0) is 82.2 Å². The molecule has 0 aliphatic heterocycles. The number of benzene rings is 2. The first kappa shape index (κ1) is 34.3. The minimum atomic E-state index is -0.547. The van der Waals surface area contributed by atoms with Crippen LogP contribution in [0.5, 0.6) is 11.8 Å². The van der Waals surface area contributed by atoms with E-state index in [2.05, 4.69) is 64.9 Å². The third-order valence-corrected chi connectivity index (χ3v) is 9.13. The highest BCUT2D eigenvalue weighted by atomic mass is 127. The van der Waals surface area contributed by atoms with Crippen LogP contribution in [0.2, 0.25) is 10.0 Å². The standard InChI is InChI=1S/C19H15ClN4O3.C17H12ClIN4O/c1-26-16-6-5-15-17(22-16)18(19(25)27-2)23-24(15)10-11-3-4-14-12(7-11)8-13(20)9-21-14;1-24-15-5-4-14-16(21-15)17(19)22-23(14)9-10-2-3-13-11(6-10)7-12(18)8-20-13/h3-9H,10H2,1-2H3;2-8H,9H2,1H3. The highest BCUT2D eigenvalue weighted by molar-refractivity contribution is 14.1. The summed E-state index contributed by atoms with van der Waals surface area (Å²) in [6.07, 6.45) is 3.28. The number of hydrogen-bond donors (Lipinski definition) is 0. The fourth-order valence-electron chi connectivity index (χ4n) is 5.59. The molecule has 0 N–H and O–H groups in total. The van der Waals surface area contributed by atoms with Crippen molar-refractivity contribution in [2.45, 2.75) is 13.1 Å². The molecule has 6 aromatic heterocycles. The Morgan fingerprint density at radius 3 is 1.73 bits per heavy atom. The van der Waals surface area contributed by atoms with E-state index in [9.17, 15) is 4.79 Å². The van der Waals surface area contributed by atoms with Crippen molar-refractivity contribution in [2.24, 2.45) is 0 Å². The summed E-state index contributed by atoms with van der Waals surface area (Å²) in [7, 11) is 4.44. The van der Waals surface area contributed by atoms with Gasteiger partial charge < -0.3 is 14.2 Å². The van der Waals surface area contributed by atoms with E-state index in [1.807, 2.05) is 59.3 Å². The Hall–Kier alpha value is -5.12. The lowest BCUT2D eigenvalue weighted by Gasteiger charge is -2.06. The number of nitrogens with zero attached hydrogens (tertiary/aromatic N) is 8. The fourth-order valence-corrected chi connectivity index (χ4v) is 6.58. The molecule has 0 unspecified atom stereocenters. The van der Waals surface area contributed by atoms with Crippen LogP contribution in [0.4, 0.5) is 0 Å². The molecule has 0 amide bonds. The molecule has 8 rings (SSSR count). The second kappa shape index (κ2) is 14.6. The summed E-state index contributed by atoms with van der Waals surface area (Å²) in [6, 6.07) is 23.2. The summed E-state index contributed by atoms with van der Waals surface area (Å²) in [6.45, 7) is 1.10. The van der Waals surface area contributed by atoms with Gasteiger partial charge in [0.25, 0.3) is 0 Å². The van der Waals surface area contributed by atoms with Crippen LogP contribution in [-0.4, -0.2) is 66.8 Å².